The van der Waals surface area contributed by atoms with Gasteiger partial charge in [-0.05, 0) is 18.9 Å². The van der Waals surface area contributed by atoms with Crippen molar-refractivity contribution in [3.63, 3.8) is 0 Å². The molecule has 0 bridgehead atoms. The molecular formula is C12H8N2O2. The van der Waals surface area contributed by atoms with Crippen LogP contribution in [0.1, 0.15) is 16.1 Å². The highest BCUT2D eigenvalue weighted by Crippen LogP contribution is 2.28. The lowest BCUT2D eigenvalue weighted by Gasteiger charge is -2.15. The van der Waals surface area contributed by atoms with Crippen LogP contribution in [0.15, 0.2) is 41.6 Å². The Morgan fingerprint density at radius 2 is 2.06 bits per heavy atom. The number of allylic oxidation sites excluding steroid dienone is 2. The number of hydrogen-bond donors (Lipinski definition) is 0. The molecule has 1 aliphatic carbocycles. The second kappa shape index (κ2) is 3.66. The number of nitrogens with zero attached hydrogens (tertiary/aromatic N) is 2. The lowest BCUT2D eigenvalue weighted by atomic mass is 9.91. The molecule has 0 fully saturated rings. The molecule has 16 heavy (non-hydrogen) atoms. The van der Waals surface area contributed by atoms with Crippen molar-refractivity contribution in [2.75, 3.05) is 0 Å². The molecule has 78 valence electrons. The molecule has 0 atom stereocenters. The summed E-state index contributed by atoms with van der Waals surface area (Å²) in [7, 11) is 0. The lowest BCUT2D eigenvalue weighted by molar-refractivity contribution is -0.111. The molecule has 0 unspecified atom stereocenters. The third-order valence-corrected chi connectivity index (χ3v) is 2.34. The van der Waals surface area contributed by atoms with Gasteiger partial charge >= 0.3 is 0 Å². The van der Waals surface area contributed by atoms with Crippen molar-refractivity contribution in [1.82, 2.24) is 4.98 Å². The van der Waals surface area contributed by atoms with Gasteiger partial charge in [-0.15, -0.1) is 0 Å². The van der Waals surface area contributed by atoms with E-state index in [4.69, 9.17) is 0 Å². The molecule has 0 saturated heterocycles. The van der Waals surface area contributed by atoms with Crippen molar-refractivity contribution in [2.24, 2.45) is 4.99 Å². The van der Waals surface area contributed by atoms with Crippen molar-refractivity contribution >= 4 is 24.0 Å². The molecule has 1 aromatic heterocycles. The second-order valence-corrected chi connectivity index (χ2v) is 3.18. The highest BCUT2D eigenvalue weighted by atomic mass is 16.2. The predicted molar refractivity (Wildman–Crippen MR) is 60.2 cm³/mol. The Kier molecular flexibility index (Phi) is 2.32. The van der Waals surface area contributed by atoms with Gasteiger partial charge in [0.2, 0.25) is 11.6 Å². The fourth-order valence-electron chi connectivity index (χ4n) is 1.61. The molecule has 1 aliphatic rings. The number of carbonyl (C=O) groups excluding carboxylic acids is 2. The van der Waals surface area contributed by atoms with E-state index in [1.807, 2.05) is 0 Å². The molecule has 2 rings (SSSR count). The van der Waals surface area contributed by atoms with Gasteiger partial charge in [0.1, 0.15) is 5.69 Å². The Labute approximate surface area is 92.0 Å². The molecule has 0 aliphatic heterocycles. The minimum atomic E-state index is -0.613. The maximum absolute atomic E-state index is 11.7. The summed E-state index contributed by atoms with van der Waals surface area (Å²) < 4.78 is 0. The van der Waals surface area contributed by atoms with Gasteiger partial charge in [-0.3, -0.25) is 19.6 Å². The number of hydrogen-bond acceptors (Lipinski definition) is 4. The number of fused-ring (bicyclic) bond motifs is 1. The Morgan fingerprint density at radius 1 is 1.31 bits per heavy atom. The molecule has 0 amide bonds. The highest BCUT2D eigenvalue weighted by molar-refractivity contribution is 6.53. The zero-order valence-electron chi connectivity index (χ0n) is 8.43. The van der Waals surface area contributed by atoms with Gasteiger partial charge < -0.3 is 0 Å². The van der Waals surface area contributed by atoms with Crippen LogP contribution in [0.25, 0.3) is 5.70 Å². The molecule has 0 radical (unpaired) electrons. The van der Waals surface area contributed by atoms with Gasteiger partial charge in [0.05, 0.1) is 16.8 Å². The Balaban J connectivity index is 2.84. The number of aliphatic imine (C=N–C) groups is 1. The van der Waals surface area contributed by atoms with Crippen LogP contribution in [0.4, 0.5) is 0 Å². The van der Waals surface area contributed by atoms with Gasteiger partial charge in [0.15, 0.2) is 0 Å². The molecule has 0 spiro atoms. The molecular weight excluding hydrogens is 204 g/mol. The van der Waals surface area contributed by atoms with Crippen molar-refractivity contribution in [2.45, 2.75) is 0 Å². The van der Waals surface area contributed by atoms with Gasteiger partial charge in [0, 0.05) is 6.20 Å². The Morgan fingerprint density at radius 3 is 2.69 bits per heavy atom. The van der Waals surface area contributed by atoms with Crippen LogP contribution in [-0.4, -0.2) is 23.3 Å². The maximum Gasteiger partial charge on any atom is 0.235 e. The Hall–Kier alpha value is -2.36. The normalized spacial score (nSPS) is 14.8. The van der Waals surface area contributed by atoms with E-state index in [0.29, 0.717) is 11.4 Å². The lowest BCUT2D eigenvalue weighted by Crippen LogP contribution is -2.23. The van der Waals surface area contributed by atoms with Crippen molar-refractivity contribution in [3.05, 3.63) is 47.8 Å². The van der Waals surface area contributed by atoms with E-state index in [1.165, 1.54) is 12.3 Å². The first-order chi connectivity index (χ1) is 7.70. The second-order valence-electron chi connectivity index (χ2n) is 3.18. The molecule has 1 heterocycles. The van der Waals surface area contributed by atoms with Crippen LogP contribution < -0.4 is 0 Å². The summed E-state index contributed by atoms with van der Waals surface area (Å²) in [5.74, 6) is -1.19. The van der Waals surface area contributed by atoms with Gasteiger partial charge in [-0.2, -0.15) is 0 Å². The topological polar surface area (TPSA) is 59.4 Å². The van der Waals surface area contributed by atoms with Crippen molar-refractivity contribution < 1.29 is 9.59 Å². The summed E-state index contributed by atoms with van der Waals surface area (Å²) in [6, 6.07) is 3.15. The Bertz CT molecular complexity index is 556. The monoisotopic (exact) mass is 212 g/mol. The molecule has 1 aromatic rings. The van der Waals surface area contributed by atoms with Crippen LogP contribution >= 0.6 is 0 Å². The first kappa shape index (κ1) is 10.2. The third kappa shape index (κ3) is 1.24. The molecule has 4 heteroatoms. The number of Topliss-reactive ketones (excluding diaryl/α,β-unsaturated/α-hetero) is 2. The maximum atomic E-state index is 11.7. The summed E-state index contributed by atoms with van der Waals surface area (Å²) in [5.41, 5.74) is 1.12. The summed E-state index contributed by atoms with van der Waals surface area (Å²) in [6.07, 6.45) is 2.84. The number of rotatable bonds is 2. The summed E-state index contributed by atoms with van der Waals surface area (Å²) in [5, 5.41) is 0. The molecule has 0 saturated carbocycles. The van der Waals surface area contributed by atoms with Gasteiger partial charge in [0.25, 0.3) is 0 Å². The zero-order valence-corrected chi connectivity index (χ0v) is 8.43. The van der Waals surface area contributed by atoms with Crippen LogP contribution in [0, 0.1) is 0 Å². The van der Waals surface area contributed by atoms with E-state index in [-0.39, 0.29) is 11.1 Å². The van der Waals surface area contributed by atoms with E-state index < -0.39 is 11.6 Å². The zero-order chi connectivity index (χ0) is 11.7. The van der Waals surface area contributed by atoms with E-state index in [2.05, 4.69) is 23.3 Å². The number of ketones is 2. The summed E-state index contributed by atoms with van der Waals surface area (Å²) in [6.45, 7) is 6.88. The average Bonchev–Trinajstić information content (AvgIpc) is 2.33. The van der Waals surface area contributed by atoms with Crippen LogP contribution in [0.3, 0.4) is 0 Å². The number of aromatic nitrogens is 1. The van der Waals surface area contributed by atoms with E-state index in [9.17, 15) is 9.59 Å². The summed E-state index contributed by atoms with van der Waals surface area (Å²) >= 11 is 0. The first-order valence-corrected chi connectivity index (χ1v) is 4.58. The van der Waals surface area contributed by atoms with Crippen molar-refractivity contribution in [1.29, 1.82) is 0 Å². The van der Waals surface area contributed by atoms with Gasteiger partial charge in [-0.1, -0.05) is 12.7 Å². The molecule has 0 aromatic carbocycles. The largest absolute Gasteiger partial charge is 0.285 e. The highest BCUT2D eigenvalue weighted by Gasteiger charge is 2.31. The standard InChI is InChI=1S/C12H8N2O2/c1-3-7-9(13-2)10-8(5-4-6-14-10)12(16)11(7)15/h3-6H,1-2H2. The summed E-state index contributed by atoms with van der Waals surface area (Å²) in [4.78, 5) is 31.2. The van der Waals surface area contributed by atoms with E-state index in [0.717, 1.165) is 0 Å². The first-order valence-electron chi connectivity index (χ1n) is 4.58. The van der Waals surface area contributed by atoms with Crippen LogP contribution in [0.2, 0.25) is 0 Å². The fraction of sp³-hybridized carbons (Fsp3) is 0. The third-order valence-electron chi connectivity index (χ3n) is 2.34. The minimum Gasteiger partial charge on any atom is -0.285 e. The number of pyridine rings is 1. The molecule has 4 nitrogen and oxygen atoms in total. The van der Waals surface area contributed by atoms with Gasteiger partial charge in [-0.25, -0.2) is 0 Å². The number of carbonyl (C=O) groups is 2. The van der Waals surface area contributed by atoms with Crippen molar-refractivity contribution in [3.8, 4) is 0 Å². The quantitative estimate of drug-likeness (QED) is 0.550. The average molecular weight is 212 g/mol. The van der Waals surface area contributed by atoms with Crippen LogP contribution in [-0.2, 0) is 4.79 Å². The molecule has 0 N–H and O–H groups in total. The SMILES string of the molecule is C=CC1=C(N=C)c2ncccc2C(=O)C1=O. The predicted octanol–water partition coefficient (Wildman–Crippen LogP) is 1.44. The van der Waals surface area contributed by atoms with E-state index in [1.54, 1.807) is 12.1 Å². The van der Waals surface area contributed by atoms with E-state index >= 15 is 0 Å². The van der Waals surface area contributed by atoms with Crippen LogP contribution in [0.5, 0.6) is 0 Å². The smallest absolute Gasteiger partial charge is 0.235 e. The minimum absolute atomic E-state index is 0.159. The fourth-order valence-corrected chi connectivity index (χ4v) is 1.61.